The average molecular weight is 424 g/mol. The minimum Gasteiger partial charge on any atom is -0.342 e. The molecule has 3 fully saturated rings. The van der Waals surface area contributed by atoms with Gasteiger partial charge in [-0.05, 0) is 38.5 Å². The van der Waals surface area contributed by atoms with E-state index >= 15 is 0 Å². The van der Waals surface area contributed by atoms with E-state index in [1.807, 2.05) is 15.9 Å². The van der Waals surface area contributed by atoms with E-state index in [2.05, 4.69) is 5.10 Å². The largest absolute Gasteiger partial charge is 0.342 e. The summed E-state index contributed by atoms with van der Waals surface area (Å²) >= 11 is 0. The number of H-pyrrole nitrogens is 1. The van der Waals surface area contributed by atoms with Gasteiger partial charge in [0.2, 0.25) is 11.8 Å². The molecule has 1 saturated heterocycles. The van der Waals surface area contributed by atoms with Gasteiger partial charge in [-0.1, -0.05) is 6.42 Å². The predicted octanol–water partition coefficient (Wildman–Crippen LogP) is 1.82. The van der Waals surface area contributed by atoms with Crippen LogP contribution in [-0.2, 0) is 22.6 Å². The van der Waals surface area contributed by atoms with Crippen LogP contribution in [0.25, 0.3) is 5.65 Å². The number of carbonyl (C=O) groups is 2. The Hall–Kier alpha value is -2.64. The van der Waals surface area contributed by atoms with Gasteiger partial charge in [0.1, 0.15) is 0 Å². The molecule has 1 atom stereocenters. The van der Waals surface area contributed by atoms with Crippen molar-refractivity contribution in [2.24, 2.45) is 11.8 Å². The second kappa shape index (κ2) is 7.21. The molecule has 6 rings (SSSR count). The first kappa shape index (κ1) is 19.1. The van der Waals surface area contributed by atoms with Crippen LogP contribution in [0.1, 0.15) is 67.8 Å². The van der Waals surface area contributed by atoms with Crippen molar-refractivity contribution in [1.29, 1.82) is 0 Å². The number of piperidine rings is 1. The number of rotatable bonds is 3. The molecule has 2 amide bonds. The molecule has 2 aliphatic heterocycles. The molecule has 164 valence electrons. The zero-order valence-electron chi connectivity index (χ0n) is 17.8. The van der Waals surface area contributed by atoms with Gasteiger partial charge < -0.3 is 9.80 Å². The highest BCUT2D eigenvalue weighted by atomic mass is 16.2. The van der Waals surface area contributed by atoms with Gasteiger partial charge in [-0.3, -0.25) is 19.5 Å². The fourth-order valence-electron chi connectivity index (χ4n) is 5.33. The number of nitrogens with one attached hydrogen (secondary N) is 1. The molecule has 1 N–H and O–H groups in total. The van der Waals surface area contributed by atoms with Crippen LogP contribution < -0.4 is 5.56 Å². The molecule has 2 aromatic heterocycles. The normalized spacial score (nSPS) is 24.2. The van der Waals surface area contributed by atoms with Gasteiger partial charge in [-0.15, -0.1) is 0 Å². The monoisotopic (exact) mass is 423 g/mol. The van der Waals surface area contributed by atoms with Gasteiger partial charge in [-0.25, -0.2) is 9.50 Å². The molecule has 2 aromatic rings. The Morgan fingerprint density at radius 3 is 2.48 bits per heavy atom. The molecule has 8 nitrogen and oxygen atoms in total. The first-order valence-electron chi connectivity index (χ1n) is 11.8. The van der Waals surface area contributed by atoms with Crippen LogP contribution in [0.5, 0.6) is 0 Å². The maximum atomic E-state index is 13.2. The van der Waals surface area contributed by atoms with Crippen LogP contribution in [0.3, 0.4) is 0 Å². The molecule has 2 saturated carbocycles. The zero-order valence-corrected chi connectivity index (χ0v) is 17.8. The van der Waals surface area contributed by atoms with E-state index in [-0.39, 0.29) is 29.2 Å². The molecule has 0 aromatic carbocycles. The van der Waals surface area contributed by atoms with Crippen molar-refractivity contribution in [3.05, 3.63) is 33.4 Å². The Balaban J connectivity index is 1.26. The Labute approximate surface area is 180 Å². The van der Waals surface area contributed by atoms with Gasteiger partial charge in [0.05, 0.1) is 17.8 Å². The van der Waals surface area contributed by atoms with E-state index < -0.39 is 0 Å². The van der Waals surface area contributed by atoms with Gasteiger partial charge in [0.25, 0.3) is 5.56 Å². The summed E-state index contributed by atoms with van der Waals surface area (Å²) in [7, 11) is 0. The Morgan fingerprint density at radius 1 is 0.968 bits per heavy atom. The molecule has 4 aliphatic rings. The molecule has 0 bridgehead atoms. The summed E-state index contributed by atoms with van der Waals surface area (Å²) in [6.07, 6.45) is 7.77. The van der Waals surface area contributed by atoms with Gasteiger partial charge in [0.15, 0.2) is 5.65 Å². The van der Waals surface area contributed by atoms with E-state index in [4.69, 9.17) is 4.98 Å². The molecular formula is C23H29N5O3. The van der Waals surface area contributed by atoms with Crippen LogP contribution in [0.4, 0.5) is 0 Å². The third-order valence-electron chi connectivity index (χ3n) is 7.65. The highest BCUT2D eigenvalue weighted by molar-refractivity contribution is 5.81. The molecule has 2 aliphatic carbocycles. The summed E-state index contributed by atoms with van der Waals surface area (Å²) < 4.78 is 1.53. The van der Waals surface area contributed by atoms with Crippen molar-refractivity contribution < 1.29 is 9.59 Å². The summed E-state index contributed by atoms with van der Waals surface area (Å²) in [5.74, 6) is 1.07. The van der Waals surface area contributed by atoms with E-state index in [9.17, 15) is 14.4 Å². The van der Waals surface area contributed by atoms with Crippen LogP contribution in [-0.4, -0.2) is 55.8 Å². The zero-order chi connectivity index (χ0) is 21.1. The fourth-order valence-corrected chi connectivity index (χ4v) is 5.33. The van der Waals surface area contributed by atoms with E-state index in [1.165, 1.54) is 10.9 Å². The highest BCUT2D eigenvalue weighted by Crippen LogP contribution is 2.33. The minimum absolute atomic E-state index is 0.0993. The molecule has 0 radical (unpaired) electrons. The molecule has 4 heterocycles. The molecule has 0 spiro atoms. The summed E-state index contributed by atoms with van der Waals surface area (Å²) in [6, 6.07) is 1.98. The van der Waals surface area contributed by atoms with Crippen LogP contribution in [0.15, 0.2) is 10.9 Å². The lowest BCUT2D eigenvalue weighted by Gasteiger charge is -2.37. The van der Waals surface area contributed by atoms with Gasteiger partial charge in [-0.2, -0.15) is 0 Å². The molecule has 1 unspecified atom stereocenters. The quantitative estimate of drug-likeness (QED) is 0.815. The smallest absolute Gasteiger partial charge is 0.277 e. The van der Waals surface area contributed by atoms with Crippen molar-refractivity contribution in [3.63, 3.8) is 0 Å². The Kier molecular flexibility index (Phi) is 4.43. The SMILES string of the molecule is O=C(C1CC1)N1CCc2nc3cc(C4CCCN(C(=O)C5CCC5)C4)[nH]n3c(=O)c2C1. The second-order valence-corrected chi connectivity index (χ2v) is 9.78. The van der Waals surface area contributed by atoms with E-state index in [0.717, 1.165) is 56.5 Å². The predicted molar refractivity (Wildman–Crippen MR) is 114 cm³/mol. The number of fused-ring (bicyclic) bond motifs is 2. The summed E-state index contributed by atoms with van der Waals surface area (Å²) in [5, 5.41) is 3.28. The van der Waals surface area contributed by atoms with Crippen molar-refractivity contribution in [3.8, 4) is 0 Å². The lowest BCUT2D eigenvalue weighted by atomic mass is 9.83. The number of aromatic amines is 1. The van der Waals surface area contributed by atoms with Gasteiger partial charge in [0, 0.05) is 55.6 Å². The average Bonchev–Trinajstić information content (AvgIpc) is 3.51. The summed E-state index contributed by atoms with van der Waals surface area (Å²) in [4.78, 5) is 47.0. The van der Waals surface area contributed by atoms with Crippen molar-refractivity contribution >= 4 is 17.5 Å². The Bertz CT molecular complexity index is 1110. The van der Waals surface area contributed by atoms with Crippen LogP contribution in [0, 0.1) is 11.8 Å². The molecular weight excluding hydrogens is 394 g/mol. The van der Waals surface area contributed by atoms with Gasteiger partial charge >= 0.3 is 0 Å². The lowest BCUT2D eigenvalue weighted by Crippen LogP contribution is -2.44. The number of likely N-dealkylation sites (tertiary alicyclic amines) is 1. The maximum Gasteiger partial charge on any atom is 0.277 e. The molecule has 8 heteroatoms. The van der Waals surface area contributed by atoms with E-state index in [1.54, 1.807) is 0 Å². The third kappa shape index (κ3) is 3.27. The van der Waals surface area contributed by atoms with Crippen LogP contribution in [0.2, 0.25) is 0 Å². The highest BCUT2D eigenvalue weighted by Gasteiger charge is 2.36. The number of nitrogens with zero attached hydrogens (tertiary/aromatic N) is 4. The minimum atomic E-state index is -0.0993. The summed E-state index contributed by atoms with van der Waals surface area (Å²) in [5.41, 5.74) is 2.97. The second-order valence-electron chi connectivity index (χ2n) is 9.78. The first-order chi connectivity index (χ1) is 15.1. The number of carbonyl (C=O) groups excluding carboxylic acids is 2. The standard InChI is InChI=1S/C23H29N5O3/c29-21(14-3-1-4-14)26-9-2-5-16(12-26)19-11-20-24-18-8-10-27(22(30)15-6-7-15)13-17(18)23(31)28(20)25-19/h11,14-16,25H,1-10,12-13H2. The maximum absolute atomic E-state index is 13.2. The first-order valence-corrected chi connectivity index (χ1v) is 11.8. The number of aromatic nitrogens is 3. The third-order valence-corrected chi connectivity index (χ3v) is 7.65. The number of amides is 2. The van der Waals surface area contributed by atoms with Crippen LogP contribution >= 0.6 is 0 Å². The Morgan fingerprint density at radius 2 is 1.74 bits per heavy atom. The topological polar surface area (TPSA) is 90.8 Å². The fraction of sp³-hybridized carbons (Fsp3) is 0.652. The number of hydrogen-bond donors (Lipinski definition) is 1. The van der Waals surface area contributed by atoms with Crippen molar-refractivity contribution in [2.75, 3.05) is 19.6 Å². The lowest BCUT2D eigenvalue weighted by molar-refractivity contribution is -0.139. The summed E-state index contributed by atoms with van der Waals surface area (Å²) in [6.45, 7) is 2.55. The van der Waals surface area contributed by atoms with E-state index in [0.29, 0.717) is 43.2 Å². The van der Waals surface area contributed by atoms with Crippen molar-refractivity contribution in [1.82, 2.24) is 24.4 Å². The molecule has 31 heavy (non-hydrogen) atoms. The van der Waals surface area contributed by atoms with Crippen molar-refractivity contribution in [2.45, 2.75) is 63.8 Å². The number of hydrogen-bond acceptors (Lipinski definition) is 4.